The van der Waals surface area contributed by atoms with Gasteiger partial charge in [0.1, 0.15) is 12.0 Å². The highest BCUT2D eigenvalue weighted by Gasteiger charge is 2.29. The van der Waals surface area contributed by atoms with Crippen molar-refractivity contribution in [2.45, 2.75) is 50.7 Å². The molecule has 158 valence electrons. The highest BCUT2D eigenvalue weighted by molar-refractivity contribution is 7.88. The number of nitrogens with one attached hydrogen (secondary N) is 1. The maximum absolute atomic E-state index is 12.5. The smallest absolute Gasteiger partial charge is 0.220 e. The lowest BCUT2D eigenvalue weighted by Gasteiger charge is -2.35. The monoisotopic (exact) mass is 411 g/mol. The Balaban J connectivity index is 1.40. The van der Waals surface area contributed by atoms with Crippen molar-refractivity contribution in [1.82, 2.24) is 19.7 Å². The van der Waals surface area contributed by atoms with Gasteiger partial charge in [-0.15, -0.1) is 0 Å². The lowest BCUT2D eigenvalue weighted by Crippen LogP contribution is -2.54. The van der Waals surface area contributed by atoms with Crippen LogP contribution in [0.4, 0.5) is 0 Å². The number of hydrogen-bond acceptors (Lipinski definition) is 5. The van der Waals surface area contributed by atoms with Crippen LogP contribution in [-0.4, -0.2) is 68.5 Å². The largest absolute Gasteiger partial charge is 0.364 e. The fourth-order valence-corrected chi connectivity index (χ4v) is 5.59. The van der Waals surface area contributed by atoms with E-state index in [-0.39, 0.29) is 5.75 Å². The summed E-state index contributed by atoms with van der Waals surface area (Å²) in [4.78, 5) is 6.53. The summed E-state index contributed by atoms with van der Waals surface area (Å²) in [5.41, 5.74) is 0.442. The molecule has 1 saturated heterocycles. The minimum atomic E-state index is -3.37. The van der Waals surface area contributed by atoms with Crippen LogP contribution < -0.4 is 5.32 Å². The number of guanidine groups is 1. The Labute approximate surface area is 168 Å². The van der Waals surface area contributed by atoms with Gasteiger partial charge in [0.2, 0.25) is 10.0 Å². The van der Waals surface area contributed by atoms with Crippen LogP contribution in [0, 0.1) is 5.92 Å². The standard InChI is InChI=1S/C19H33N5O3S/c1-20-19(21-10-5-8-17-6-3-2-4-7-17)23-11-13-24(14-12-23)28(25,26)16-18-9-15-27-22-18/h9,15,17H,2-8,10-14,16H2,1H3,(H,20,21). The zero-order valence-electron chi connectivity index (χ0n) is 16.8. The summed E-state index contributed by atoms with van der Waals surface area (Å²) < 4.78 is 31.3. The Morgan fingerprint density at radius 2 is 2.00 bits per heavy atom. The zero-order chi connectivity index (χ0) is 19.8. The normalized spacial score (nSPS) is 20.5. The second-order valence-electron chi connectivity index (χ2n) is 7.75. The number of rotatable bonds is 7. The number of aromatic nitrogens is 1. The molecule has 0 radical (unpaired) electrons. The Kier molecular flexibility index (Phi) is 7.73. The van der Waals surface area contributed by atoms with Crippen molar-refractivity contribution in [3.05, 3.63) is 18.0 Å². The third-order valence-corrected chi connectivity index (χ3v) is 7.57. The van der Waals surface area contributed by atoms with Crippen LogP contribution in [0.15, 0.2) is 21.8 Å². The van der Waals surface area contributed by atoms with E-state index < -0.39 is 10.0 Å². The lowest BCUT2D eigenvalue weighted by molar-refractivity contribution is 0.259. The van der Waals surface area contributed by atoms with Crippen LogP contribution in [0.5, 0.6) is 0 Å². The molecule has 1 aromatic rings. The first-order valence-electron chi connectivity index (χ1n) is 10.4. The predicted octanol–water partition coefficient (Wildman–Crippen LogP) is 2.06. The van der Waals surface area contributed by atoms with Crippen LogP contribution >= 0.6 is 0 Å². The van der Waals surface area contributed by atoms with Crippen molar-refractivity contribution >= 4 is 16.0 Å². The lowest BCUT2D eigenvalue weighted by atomic mass is 9.86. The number of hydrogen-bond donors (Lipinski definition) is 1. The second-order valence-corrected chi connectivity index (χ2v) is 9.72. The van der Waals surface area contributed by atoms with Crippen LogP contribution in [0.2, 0.25) is 0 Å². The van der Waals surface area contributed by atoms with Crippen molar-refractivity contribution in [3.63, 3.8) is 0 Å². The van der Waals surface area contributed by atoms with Gasteiger partial charge in [0.25, 0.3) is 0 Å². The summed E-state index contributed by atoms with van der Waals surface area (Å²) in [6, 6.07) is 1.59. The molecule has 1 aliphatic heterocycles. The molecule has 1 aromatic heterocycles. The Morgan fingerprint density at radius 1 is 1.25 bits per heavy atom. The summed E-state index contributed by atoms with van der Waals surface area (Å²) in [5, 5.41) is 7.16. The van der Waals surface area contributed by atoms with Gasteiger partial charge in [-0.2, -0.15) is 4.31 Å². The Bertz CT molecular complexity index is 706. The van der Waals surface area contributed by atoms with Crippen molar-refractivity contribution in [1.29, 1.82) is 0 Å². The number of nitrogens with zero attached hydrogens (tertiary/aromatic N) is 4. The molecular formula is C19H33N5O3S. The quantitative estimate of drug-likeness (QED) is 0.420. The molecule has 2 fully saturated rings. The van der Waals surface area contributed by atoms with Crippen LogP contribution in [-0.2, 0) is 15.8 Å². The molecule has 1 aliphatic carbocycles. The number of aliphatic imine (C=N–C) groups is 1. The van der Waals surface area contributed by atoms with Gasteiger partial charge in [0, 0.05) is 45.8 Å². The third-order valence-electron chi connectivity index (χ3n) is 5.76. The molecule has 2 aliphatic rings. The maximum atomic E-state index is 12.5. The molecule has 0 amide bonds. The van der Waals surface area contributed by atoms with E-state index in [2.05, 4.69) is 20.4 Å². The van der Waals surface area contributed by atoms with Crippen LogP contribution in [0.1, 0.15) is 50.6 Å². The van der Waals surface area contributed by atoms with E-state index in [1.165, 1.54) is 49.1 Å². The van der Waals surface area contributed by atoms with E-state index in [0.717, 1.165) is 24.8 Å². The van der Waals surface area contributed by atoms with Gasteiger partial charge in [0.05, 0.1) is 5.69 Å². The summed E-state index contributed by atoms with van der Waals surface area (Å²) in [6.07, 6.45) is 10.8. The maximum Gasteiger partial charge on any atom is 0.220 e. The molecule has 3 rings (SSSR count). The molecule has 1 N–H and O–H groups in total. The highest BCUT2D eigenvalue weighted by atomic mass is 32.2. The van der Waals surface area contributed by atoms with Gasteiger partial charge in [-0.25, -0.2) is 8.42 Å². The van der Waals surface area contributed by atoms with E-state index >= 15 is 0 Å². The molecule has 28 heavy (non-hydrogen) atoms. The van der Waals surface area contributed by atoms with Crippen molar-refractivity contribution in [2.24, 2.45) is 10.9 Å². The minimum absolute atomic E-state index is 0.113. The number of sulfonamides is 1. The highest BCUT2D eigenvalue weighted by Crippen LogP contribution is 2.27. The minimum Gasteiger partial charge on any atom is -0.364 e. The third kappa shape index (κ3) is 5.94. The molecule has 2 heterocycles. The molecule has 8 nitrogen and oxygen atoms in total. The fraction of sp³-hybridized carbons (Fsp3) is 0.789. The summed E-state index contributed by atoms with van der Waals surface area (Å²) in [7, 11) is -1.58. The van der Waals surface area contributed by atoms with Gasteiger partial charge in [-0.1, -0.05) is 37.3 Å². The van der Waals surface area contributed by atoms with Gasteiger partial charge in [-0.3, -0.25) is 4.99 Å². The first-order chi connectivity index (χ1) is 13.6. The fourth-order valence-electron chi connectivity index (χ4n) is 4.17. The second kappa shape index (κ2) is 10.2. The van der Waals surface area contributed by atoms with E-state index in [0.29, 0.717) is 31.9 Å². The summed E-state index contributed by atoms with van der Waals surface area (Å²) in [6.45, 7) is 3.13. The van der Waals surface area contributed by atoms with E-state index in [1.807, 2.05) is 0 Å². The van der Waals surface area contributed by atoms with Gasteiger partial charge in [-0.05, 0) is 18.8 Å². The average Bonchev–Trinajstić information content (AvgIpc) is 3.21. The molecule has 0 atom stereocenters. The van der Waals surface area contributed by atoms with Crippen molar-refractivity contribution < 1.29 is 12.9 Å². The molecule has 0 spiro atoms. The Morgan fingerprint density at radius 3 is 2.64 bits per heavy atom. The van der Waals surface area contributed by atoms with E-state index in [1.54, 1.807) is 13.1 Å². The molecular weight excluding hydrogens is 378 g/mol. The first-order valence-corrected chi connectivity index (χ1v) is 12.0. The summed E-state index contributed by atoms with van der Waals surface area (Å²) >= 11 is 0. The van der Waals surface area contributed by atoms with Crippen molar-refractivity contribution in [3.8, 4) is 0 Å². The molecule has 0 unspecified atom stereocenters. The molecule has 9 heteroatoms. The van der Waals surface area contributed by atoms with Gasteiger partial charge >= 0.3 is 0 Å². The molecule has 0 aromatic carbocycles. The molecule has 0 bridgehead atoms. The van der Waals surface area contributed by atoms with Crippen molar-refractivity contribution in [2.75, 3.05) is 39.8 Å². The summed E-state index contributed by atoms with van der Waals surface area (Å²) in [5.74, 6) is 1.66. The predicted molar refractivity (Wildman–Crippen MR) is 109 cm³/mol. The Hall–Kier alpha value is -1.61. The van der Waals surface area contributed by atoms with E-state index in [9.17, 15) is 8.42 Å². The molecule has 1 saturated carbocycles. The van der Waals surface area contributed by atoms with E-state index in [4.69, 9.17) is 4.52 Å². The average molecular weight is 412 g/mol. The SMILES string of the molecule is CN=C(NCCCC1CCCCC1)N1CCN(S(=O)(=O)Cc2ccon2)CC1. The van der Waals surface area contributed by atoms with Crippen LogP contribution in [0.25, 0.3) is 0 Å². The zero-order valence-corrected chi connectivity index (χ0v) is 17.7. The van der Waals surface area contributed by atoms with Gasteiger partial charge < -0.3 is 14.7 Å². The first kappa shape index (κ1) is 21.1. The number of piperazine rings is 1. The topological polar surface area (TPSA) is 91.0 Å². The van der Waals surface area contributed by atoms with Gasteiger partial charge in [0.15, 0.2) is 5.96 Å². The van der Waals surface area contributed by atoms with Crippen LogP contribution in [0.3, 0.4) is 0 Å².